The normalized spacial score (nSPS) is 12.2. The number of benzene rings is 2. The van der Waals surface area contributed by atoms with Crippen LogP contribution in [0, 0.1) is 18.3 Å². The van der Waals surface area contributed by atoms with Gasteiger partial charge in [-0.15, -0.1) is 0 Å². The van der Waals surface area contributed by atoms with Crippen LogP contribution in [-0.2, 0) is 0 Å². The molecule has 3 aromatic rings. The first-order valence-electron chi connectivity index (χ1n) is 7.64. The fourth-order valence-electron chi connectivity index (χ4n) is 2.92. The van der Waals surface area contributed by atoms with Gasteiger partial charge >= 0.3 is 5.63 Å². The van der Waals surface area contributed by atoms with Crippen LogP contribution < -0.4 is 19.8 Å². The van der Waals surface area contributed by atoms with Gasteiger partial charge < -0.3 is 18.6 Å². The quantitative estimate of drug-likeness (QED) is 0.682. The molecule has 0 saturated heterocycles. The van der Waals surface area contributed by atoms with Gasteiger partial charge in [0.2, 0.25) is 6.79 Å². The highest BCUT2D eigenvalue weighted by Gasteiger charge is 2.18. The predicted molar refractivity (Wildman–Crippen MR) is 89.9 cm³/mol. The molecule has 0 spiro atoms. The van der Waals surface area contributed by atoms with Crippen LogP contribution in [0.3, 0.4) is 0 Å². The highest BCUT2D eigenvalue weighted by Crippen LogP contribution is 2.37. The summed E-state index contributed by atoms with van der Waals surface area (Å²) in [5, 5.41) is 9.40. The standard InChI is InChI=1S/C19H13NO5/c1-11-14-9-13(22-7-6-20)3-5-15(14)25-19(21)18(11)12-2-4-16-17(8-12)24-10-23-16/h2-5,8-9H,7,10H2,1H3. The van der Waals surface area contributed by atoms with E-state index in [0.717, 1.165) is 10.9 Å². The highest BCUT2D eigenvalue weighted by molar-refractivity contribution is 5.88. The number of nitriles is 1. The molecule has 0 fully saturated rings. The summed E-state index contributed by atoms with van der Waals surface area (Å²) >= 11 is 0. The Morgan fingerprint density at radius 2 is 2.00 bits per heavy atom. The molecule has 2 heterocycles. The molecule has 1 aromatic heterocycles. The van der Waals surface area contributed by atoms with E-state index in [2.05, 4.69) is 0 Å². The zero-order valence-corrected chi connectivity index (χ0v) is 13.4. The summed E-state index contributed by atoms with van der Waals surface area (Å²) in [5.74, 6) is 1.80. The van der Waals surface area contributed by atoms with Gasteiger partial charge in [0.25, 0.3) is 0 Å². The molecule has 1 aliphatic heterocycles. The lowest BCUT2D eigenvalue weighted by atomic mass is 9.99. The van der Waals surface area contributed by atoms with E-state index in [4.69, 9.17) is 23.9 Å². The van der Waals surface area contributed by atoms with Gasteiger partial charge in [-0.3, -0.25) is 0 Å². The number of nitrogens with zero attached hydrogens (tertiary/aromatic N) is 1. The van der Waals surface area contributed by atoms with E-state index < -0.39 is 5.63 Å². The van der Waals surface area contributed by atoms with E-state index in [1.807, 2.05) is 13.0 Å². The summed E-state index contributed by atoms with van der Waals surface area (Å²) in [6, 6.07) is 12.4. The first-order chi connectivity index (χ1) is 12.2. The Morgan fingerprint density at radius 1 is 1.16 bits per heavy atom. The molecule has 0 radical (unpaired) electrons. The molecular weight excluding hydrogens is 322 g/mol. The third kappa shape index (κ3) is 2.56. The van der Waals surface area contributed by atoms with Crippen LogP contribution in [0.5, 0.6) is 17.2 Å². The van der Waals surface area contributed by atoms with E-state index in [0.29, 0.717) is 34.0 Å². The highest BCUT2D eigenvalue weighted by atomic mass is 16.7. The van der Waals surface area contributed by atoms with Gasteiger partial charge in [0.05, 0.1) is 5.56 Å². The Morgan fingerprint density at radius 3 is 2.84 bits per heavy atom. The topological polar surface area (TPSA) is 81.7 Å². The van der Waals surface area contributed by atoms with Gasteiger partial charge in [-0.2, -0.15) is 5.26 Å². The Balaban J connectivity index is 1.88. The lowest BCUT2D eigenvalue weighted by Crippen LogP contribution is -2.06. The maximum absolute atomic E-state index is 12.5. The molecule has 0 bridgehead atoms. The number of hydrogen-bond donors (Lipinski definition) is 0. The molecule has 0 N–H and O–H groups in total. The molecule has 0 unspecified atom stereocenters. The Kier molecular flexibility index (Phi) is 3.55. The van der Waals surface area contributed by atoms with Crippen LogP contribution >= 0.6 is 0 Å². The Labute approximate surface area is 142 Å². The number of fused-ring (bicyclic) bond motifs is 2. The van der Waals surface area contributed by atoms with E-state index in [1.165, 1.54) is 0 Å². The summed E-state index contributed by atoms with van der Waals surface area (Å²) in [6.45, 7) is 1.98. The average molecular weight is 335 g/mol. The van der Waals surface area contributed by atoms with E-state index >= 15 is 0 Å². The number of rotatable bonds is 3. The SMILES string of the molecule is Cc1c(-c2ccc3c(c2)OCO3)c(=O)oc2ccc(OCC#N)cc12. The van der Waals surface area contributed by atoms with Crippen LogP contribution in [0.4, 0.5) is 0 Å². The van der Waals surface area contributed by atoms with Gasteiger partial charge in [0, 0.05) is 5.39 Å². The smallest absolute Gasteiger partial charge is 0.344 e. The summed E-state index contributed by atoms with van der Waals surface area (Å²) < 4.78 is 21.5. The summed E-state index contributed by atoms with van der Waals surface area (Å²) in [4.78, 5) is 12.5. The largest absolute Gasteiger partial charge is 0.479 e. The van der Waals surface area contributed by atoms with Crippen molar-refractivity contribution in [3.05, 3.63) is 52.4 Å². The second-order valence-electron chi connectivity index (χ2n) is 5.56. The first kappa shape index (κ1) is 15.1. The van der Waals surface area contributed by atoms with Crippen LogP contribution in [-0.4, -0.2) is 13.4 Å². The number of ether oxygens (including phenoxy) is 3. The minimum absolute atomic E-state index is 0.0453. The maximum Gasteiger partial charge on any atom is 0.344 e. The van der Waals surface area contributed by atoms with Crippen LogP contribution in [0.2, 0.25) is 0 Å². The van der Waals surface area contributed by atoms with Crippen molar-refractivity contribution in [1.82, 2.24) is 0 Å². The van der Waals surface area contributed by atoms with Gasteiger partial charge in [0.1, 0.15) is 17.4 Å². The van der Waals surface area contributed by atoms with Crippen LogP contribution in [0.25, 0.3) is 22.1 Å². The average Bonchev–Trinajstić information content (AvgIpc) is 3.08. The van der Waals surface area contributed by atoms with Crippen molar-refractivity contribution in [2.45, 2.75) is 6.92 Å². The van der Waals surface area contributed by atoms with Gasteiger partial charge in [-0.05, 0) is 48.4 Å². The van der Waals surface area contributed by atoms with Crippen LogP contribution in [0.15, 0.2) is 45.6 Å². The molecule has 0 atom stereocenters. The van der Waals surface area contributed by atoms with Crippen molar-refractivity contribution in [3.63, 3.8) is 0 Å². The maximum atomic E-state index is 12.5. The molecule has 2 aromatic carbocycles. The molecule has 4 rings (SSSR count). The fourth-order valence-corrected chi connectivity index (χ4v) is 2.92. The van der Waals surface area contributed by atoms with E-state index in [1.54, 1.807) is 36.4 Å². The van der Waals surface area contributed by atoms with E-state index in [9.17, 15) is 4.79 Å². The van der Waals surface area contributed by atoms with Gasteiger partial charge in [-0.25, -0.2) is 4.79 Å². The number of aryl methyl sites for hydroxylation is 1. The summed E-state index contributed by atoms with van der Waals surface area (Å²) in [6.07, 6.45) is 0. The third-order valence-electron chi connectivity index (χ3n) is 4.10. The van der Waals surface area contributed by atoms with Crippen molar-refractivity contribution in [1.29, 1.82) is 5.26 Å². The lowest BCUT2D eigenvalue weighted by Gasteiger charge is -2.10. The minimum Gasteiger partial charge on any atom is -0.479 e. The summed E-state index contributed by atoms with van der Waals surface area (Å²) in [5.41, 5.74) is 1.97. The van der Waals surface area contributed by atoms with E-state index in [-0.39, 0.29) is 13.4 Å². The first-order valence-corrected chi connectivity index (χ1v) is 7.64. The monoisotopic (exact) mass is 335 g/mol. The molecule has 0 saturated carbocycles. The molecule has 0 aliphatic carbocycles. The van der Waals surface area contributed by atoms with Crippen LogP contribution in [0.1, 0.15) is 5.56 Å². The second kappa shape index (κ2) is 5.87. The van der Waals surface area contributed by atoms with Gasteiger partial charge in [-0.1, -0.05) is 6.07 Å². The zero-order valence-electron chi connectivity index (χ0n) is 13.4. The van der Waals surface area contributed by atoms with Crippen molar-refractivity contribution in [2.75, 3.05) is 13.4 Å². The van der Waals surface area contributed by atoms with Crippen molar-refractivity contribution in [2.24, 2.45) is 0 Å². The molecular formula is C19H13NO5. The van der Waals surface area contributed by atoms with Gasteiger partial charge in [0.15, 0.2) is 18.1 Å². The number of hydrogen-bond acceptors (Lipinski definition) is 6. The molecule has 1 aliphatic rings. The lowest BCUT2D eigenvalue weighted by molar-refractivity contribution is 0.174. The third-order valence-corrected chi connectivity index (χ3v) is 4.10. The Bertz CT molecular complexity index is 1080. The summed E-state index contributed by atoms with van der Waals surface area (Å²) in [7, 11) is 0. The molecule has 0 amide bonds. The minimum atomic E-state index is -0.422. The predicted octanol–water partition coefficient (Wildman–Crippen LogP) is 3.40. The van der Waals surface area contributed by atoms with Crippen molar-refractivity contribution in [3.8, 4) is 34.4 Å². The Hall–Kier alpha value is -3.46. The fraction of sp³-hybridized carbons (Fsp3) is 0.158. The van der Waals surface area contributed by atoms with Crippen molar-refractivity contribution < 1.29 is 18.6 Å². The van der Waals surface area contributed by atoms with Crippen molar-refractivity contribution >= 4 is 11.0 Å². The molecule has 25 heavy (non-hydrogen) atoms. The zero-order chi connectivity index (χ0) is 17.4. The molecule has 124 valence electrons. The molecule has 6 heteroatoms. The molecule has 6 nitrogen and oxygen atoms in total. The second-order valence-corrected chi connectivity index (χ2v) is 5.56.